The monoisotopic (exact) mass is 299 g/mol. The first-order valence-electron chi connectivity index (χ1n) is 5.76. The normalized spacial score (nSPS) is 12.4. The molecule has 20 heavy (non-hydrogen) atoms. The summed E-state index contributed by atoms with van der Waals surface area (Å²) in [7, 11) is -3.32. The SMILES string of the molecule is CC(C)(F)c1nc(-c2ccc(NS(C)(=O)=O)cc2)no1. The Labute approximate surface area is 116 Å². The van der Waals surface area contributed by atoms with Crippen molar-refractivity contribution < 1.29 is 17.3 Å². The van der Waals surface area contributed by atoms with Crippen LogP contribution in [0.2, 0.25) is 0 Å². The molecule has 0 fully saturated rings. The molecule has 0 bridgehead atoms. The summed E-state index contributed by atoms with van der Waals surface area (Å²) in [6.45, 7) is 2.65. The highest BCUT2D eigenvalue weighted by Gasteiger charge is 2.26. The number of benzene rings is 1. The van der Waals surface area contributed by atoms with Gasteiger partial charge in [-0.2, -0.15) is 4.98 Å². The molecule has 0 saturated heterocycles. The van der Waals surface area contributed by atoms with Crippen molar-refractivity contribution in [3.8, 4) is 11.4 Å². The van der Waals surface area contributed by atoms with Crippen LogP contribution in [-0.2, 0) is 15.7 Å². The smallest absolute Gasteiger partial charge is 0.264 e. The molecule has 0 aliphatic heterocycles. The summed E-state index contributed by atoms with van der Waals surface area (Å²) in [6, 6.07) is 6.36. The molecular weight excluding hydrogens is 285 g/mol. The van der Waals surface area contributed by atoms with Gasteiger partial charge >= 0.3 is 0 Å². The molecule has 1 aromatic carbocycles. The van der Waals surface area contributed by atoms with Crippen LogP contribution in [0.3, 0.4) is 0 Å². The van der Waals surface area contributed by atoms with E-state index in [1.54, 1.807) is 24.3 Å². The molecule has 8 heteroatoms. The fraction of sp³-hybridized carbons (Fsp3) is 0.333. The van der Waals surface area contributed by atoms with E-state index in [1.807, 2.05) is 0 Å². The van der Waals surface area contributed by atoms with Crippen LogP contribution >= 0.6 is 0 Å². The molecule has 108 valence electrons. The minimum absolute atomic E-state index is 0.106. The van der Waals surface area contributed by atoms with Gasteiger partial charge in [0.2, 0.25) is 15.8 Å². The molecular formula is C12H14FN3O3S. The summed E-state index contributed by atoms with van der Waals surface area (Å²) in [4.78, 5) is 3.96. The summed E-state index contributed by atoms with van der Waals surface area (Å²) in [6.07, 6.45) is 1.07. The highest BCUT2D eigenvalue weighted by molar-refractivity contribution is 7.92. The van der Waals surface area contributed by atoms with Crippen LogP contribution < -0.4 is 4.72 Å². The number of hydrogen-bond donors (Lipinski definition) is 1. The van der Waals surface area contributed by atoms with Gasteiger partial charge in [0.25, 0.3) is 5.89 Å². The van der Waals surface area contributed by atoms with E-state index in [9.17, 15) is 12.8 Å². The van der Waals surface area contributed by atoms with Gasteiger partial charge in [0.15, 0.2) is 5.67 Å². The van der Waals surface area contributed by atoms with Crippen molar-refractivity contribution in [2.45, 2.75) is 19.5 Å². The van der Waals surface area contributed by atoms with Gasteiger partial charge in [-0.05, 0) is 38.1 Å². The number of nitrogens with zero attached hydrogens (tertiary/aromatic N) is 2. The molecule has 0 radical (unpaired) electrons. The van der Waals surface area contributed by atoms with E-state index in [0.29, 0.717) is 11.3 Å². The Bertz CT molecular complexity index is 702. The van der Waals surface area contributed by atoms with Crippen molar-refractivity contribution in [3.05, 3.63) is 30.2 Å². The maximum absolute atomic E-state index is 13.6. The molecule has 0 spiro atoms. The number of anilines is 1. The van der Waals surface area contributed by atoms with Gasteiger partial charge in [0.05, 0.1) is 6.26 Å². The molecule has 0 amide bonds. The molecule has 2 rings (SSSR count). The number of sulfonamides is 1. The van der Waals surface area contributed by atoms with Crippen molar-refractivity contribution in [1.29, 1.82) is 0 Å². The van der Waals surface area contributed by atoms with Crippen molar-refractivity contribution >= 4 is 15.7 Å². The van der Waals surface area contributed by atoms with E-state index < -0.39 is 15.7 Å². The highest BCUT2D eigenvalue weighted by atomic mass is 32.2. The predicted molar refractivity (Wildman–Crippen MR) is 72.3 cm³/mol. The van der Waals surface area contributed by atoms with Crippen molar-refractivity contribution in [1.82, 2.24) is 10.1 Å². The van der Waals surface area contributed by atoms with E-state index in [-0.39, 0.29) is 11.7 Å². The van der Waals surface area contributed by atoms with Gasteiger partial charge in [-0.15, -0.1) is 0 Å². The lowest BCUT2D eigenvalue weighted by molar-refractivity contribution is 0.155. The Morgan fingerprint density at radius 2 is 1.85 bits per heavy atom. The maximum Gasteiger partial charge on any atom is 0.264 e. The standard InChI is InChI=1S/C12H14FN3O3S/c1-12(2,13)11-14-10(15-19-11)8-4-6-9(7-5-8)16-20(3,17)18/h4-7,16H,1-3H3. The summed E-state index contributed by atoms with van der Waals surface area (Å²) in [5.41, 5.74) is -0.683. The summed E-state index contributed by atoms with van der Waals surface area (Å²) in [5.74, 6) is 0.141. The topological polar surface area (TPSA) is 85.1 Å². The molecule has 0 unspecified atom stereocenters. The molecule has 1 N–H and O–H groups in total. The third-order valence-electron chi connectivity index (χ3n) is 2.38. The predicted octanol–water partition coefficient (Wildman–Crippen LogP) is 2.31. The summed E-state index contributed by atoms with van der Waals surface area (Å²) >= 11 is 0. The Morgan fingerprint density at radius 1 is 1.25 bits per heavy atom. The van der Waals surface area contributed by atoms with Crippen LogP contribution in [0.4, 0.5) is 10.1 Å². The lowest BCUT2D eigenvalue weighted by atomic mass is 10.1. The van der Waals surface area contributed by atoms with E-state index in [0.717, 1.165) is 6.26 Å². The quantitative estimate of drug-likeness (QED) is 0.936. The second-order valence-corrected chi connectivity index (χ2v) is 6.60. The van der Waals surface area contributed by atoms with E-state index >= 15 is 0 Å². The minimum atomic E-state index is -3.32. The number of halogens is 1. The van der Waals surface area contributed by atoms with Crippen molar-refractivity contribution in [3.63, 3.8) is 0 Å². The lowest BCUT2D eigenvalue weighted by Gasteiger charge is -2.05. The van der Waals surface area contributed by atoms with Crippen LogP contribution in [0, 0.1) is 0 Å². The second-order valence-electron chi connectivity index (χ2n) is 4.85. The highest BCUT2D eigenvalue weighted by Crippen LogP contribution is 2.26. The Hall–Kier alpha value is -1.96. The first kappa shape index (κ1) is 14.4. The minimum Gasteiger partial charge on any atom is -0.335 e. The van der Waals surface area contributed by atoms with Crippen LogP contribution in [0.1, 0.15) is 19.7 Å². The Morgan fingerprint density at radius 3 is 2.30 bits per heavy atom. The molecule has 0 saturated carbocycles. The average molecular weight is 299 g/mol. The van der Waals surface area contributed by atoms with Gasteiger partial charge in [0, 0.05) is 11.3 Å². The van der Waals surface area contributed by atoms with Crippen LogP contribution in [-0.4, -0.2) is 24.8 Å². The van der Waals surface area contributed by atoms with E-state index in [2.05, 4.69) is 14.9 Å². The zero-order chi connectivity index (χ0) is 15.0. The molecule has 0 aliphatic rings. The third-order valence-corrected chi connectivity index (χ3v) is 2.99. The Kier molecular flexibility index (Phi) is 3.51. The van der Waals surface area contributed by atoms with E-state index in [1.165, 1.54) is 13.8 Å². The van der Waals surface area contributed by atoms with E-state index in [4.69, 9.17) is 4.52 Å². The molecule has 1 aromatic heterocycles. The van der Waals surface area contributed by atoms with Gasteiger partial charge < -0.3 is 4.52 Å². The molecule has 2 aromatic rings. The molecule has 0 atom stereocenters. The average Bonchev–Trinajstić information content (AvgIpc) is 2.76. The zero-order valence-electron chi connectivity index (χ0n) is 11.2. The molecule has 6 nitrogen and oxygen atoms in total. The summed E-state index contributed by atoms with van der Waals surface area (Å²) in [5, 5.41) is 3.69. The summed E-state index contributed by atoms with van der Waals surface area (Å²) < 4.78 is 43.0. The zero-order valence-corrected chi connectivity index (χ0v) is 12.0. The molecule has 0 aliphatic carbocycles. The van der Waals surface area contributed by atoms with Gasteiger partial charge in [-0.25, -0.2) is 12.8 Å². The van der Waals surface area contributed by atoms with Crippen LogP contribution in [0.5, 0.6) is 0 Å². The number of hydrogen-bond acceptors (Lipinski definition) is 5. The van der Waals surface area contributed by atoms with Gasteiger partial charge in [0.1, 0.15) is 0 Å². The van der Waals surface area contributed by atoms with Crippen LogP contribution in [0.15, 0.2) is 28.8 Å². The van der Waals surface area contributed by atoms with Crippen molar-refractivity contribution in [2.75, 3.05) is 11.0 Å². The number of alkyl halides is 1. The first-order chi connectivity index (χ1) is 9.15. The lowest BCUT2D eigenvalue weighted by Crippen LogP contribution is -2.09. The number of nitrogens with one attached hydrogen (secondary N) is 1. The fourth-order valence-corrected chi connectivity index (χ4v) is 2.05. The van der Waals surface area contributed by atoms with Gasteiger partial charge in [-0.1, -0.05) is 5.16 Å². The third kappa shape index (κ3) is 3.53. The fourth-order valence-electron chi connectivity index (χ4n) is 1.48. The molecule has 1 heterocycles. The van der Waals surface area contributed by atoms with Crippen molar-refractivity contribution in [2.24, 2.45) is 0 Å². The Balaban J connectivity index is 2.24. The maximum atomic E-state index is 13.6. The van der Waals surface area contributed by atoms with Crippen LogP contribution in [0.25, 0.3) is 11.4 Å². The van der Waals surface area contributed by atoms with Gasteiger partial charge in [-0.3, -0.25) is 4.72 Å². The second kappa shape index (κ2) is 4.86. The first-order valence-corrected chi connectivity index (χ1v) is 7.65. The largest absolute Gasteiger partial charge is 0.335 e. The number of rotatable bonds is 4. The number of aromatic nitrogens is 2.